The van der Waals surface area contributed by atoms with Crippen LogP contribution in [0.2, 0.25) is 0 Å². The van der Waals surface area contributed by atoms with Gasteiger partial charge in [0.15, 0.2) is 0 Å². The van der Waals surface area contributed by atoms with Crippen molar-refractivity contribution in [1.82, 2.24) is 9.78 Å². The normalized spacial score (nSPS) is 12.0. The lowest BCUT2D eigenvalue weighted by Gasteiger charge is -2.08. The van der Waals surface area contributed by atoms with E-state index < -0.39 is 21.8 Å². The van der Waals surface area contributed by atoms with Crippen LogP contribution in [0.1, 0.15) is 36.1 Å². The van der Waals surface area contributed by atoms with Gasteiger partial charge in [0.1, 0.15) is 5.78 Å². The monoisotopic (exact) mass is 541 g/mol. The highest BCUT2D eigenvalue weighted by Crippen LogP contribution is 2.29. The molecule has 0 aliphatic heterocycles. The molecule has 38 heavy (non-hydrogen) atoms. The van der Waals surface area contributed by atoms with Crippen LogP contribution in [-0.4, -0.2) is 24.0 Å². The number of Topliss-reactive ketones (excluding diaryl/α,β-unsaturated/α-hetero) is 1. The van der Waals surface area contributed by atoms with E-state index in [-0.39, 0.29) is 17.1 Å². The van der Waals surface area contributed by atoms with Crippen LogP contribution in [0.3, 0.4) is 0 Å². The lowest BCUT2D eigenvalue weighted by molar-refractivity contribution is -0.137. The van der Waals surface area contributed by atoms with E-state index in [1.54, 1.807) is 16.8 Å². The van der Waals surface area contributed by atoms with E-state index >= 15 is 0 Å². The van der Waals surface area contributed by atoms with Crippen LogP contribution >= 0.6 is 0 Å². The van der Waals surface area contributed by atoms with Crippen LogP contribution in [0.25, 0.3) is 16.9 Å². The summed E-state index contributed by atoms with van der Waals surface area (Å²) in [4.78, 5) is 12.3. The van der Waals surface area contributed by atoms with Gasteiger partial charge in [-0.25, -0.2) is 18.2 Å². The van der Waals surface area contributed by atoms with Gasteiger partial charge in [0.2, 0.25) is 10.0 Å². The van der Waals surface area contributed by atoms with Crippen LogP contribution in [0.5, 0.6) is 0 Å². The van der Waals surface area contributed by atoms with Gasteiger partial charge in [-0.15, -0.1) is 0 Å². The number of unbranched alkanes of at least 4 members (excludes halogenated alkanes) is 1. The van der Waals surface area contributed by atoms with E-state index in [0.717, 1.165) is 29.1 Å². The Morgan fingerprint density at radius 2 is 1.55 bits per heavy atom. The average Bonchev–Trinajstić information content (AvgIpc) is 3.31. The number of aromatic nitrogens is 2. The highest BCUT2D eigenvalue weighted by Gasteiger charge is 2.30. The van der Waals surface area contributed by atoms with Crippen LogP contribution < -0.4 is 5.14 Å². The Balaban J connectivity index is 1.40. The fraction of sp³-hybridized carbons (Fsp3) is 0.214. The fourth-order valence-electron chi connectivity index (χ4n) is 4.10. The quantitative estimate of drug-likeness (QED) is 0.260. The van der Waals surface area contributed by atoms with Crippen molar-refractivity contribution < 1.29 is 26.4 Å². The molecule has 0 atom stereocenters. The molecule has 6 nitrogen and oxygen atoms in total. The lowest BCUT2D eigenvalue weighted by atomic mass is 10.0. The van der Waals surface area contributed by atoms with Crippen molar-refractivity contribution in [1.29, 1.82) is 0 Å². The largest absolute Gasteiger partial charge is 0.416 e. The number of hydrogen-bond acceptors (Lipinski definition) is 4. The number of alkyl halides is 3. The Bertz CT molecular complexity index is 1500. The number of sulfonamides is 1. The number of nitrogens with zero attached hydrogens (tertiary/aromatic N) is 2. The molecule has 4 rings (SSSR count). The number of hydrogen-bond donors (Lipinski definition) is 1. The predicted octanol–water partition coefficient (Wildman–Crippen LogP) is 5.73. The number of carbonyl (C=O) groups is 1. The molecule has 0 fully saturated rings. The van der Waals surface area contributed by atoms with Gasteiger partial charge in [-0.3, -0.25) is 4.79 Å². The average molecular weight is 542 g/mol. The first kappa shape index (κ1) is 27.3. The van der Waals surface area contributed by atoms with Crippen LogP contribution in [0, 0.1) is 0 Å². The standard InChI is InChI=1S/C28H26F3N3O3S/c29-28(30,31)22-12-10-20(11-13-22)18-25(35)9-5-4-8-23-19-27(21-6-2-1-3-7-21)34(33-23)24-14-16-26(17-15-24)38(32,36)37/h1-3,6-7,10-17,19H,4-5,8-9,18H2,(H2,32,36,37). The van der Waals surface area contributed by atoms with E-state index in [9.17, 15) is 26.4 Å². The fourth-order valence-corrected chi connectivity index (χ4v) is 4.61. The predicted molar refractivity (Wildman–Crippen MR) is 138 cm³/mol. The third-order valence-corrected chi connectivity index (χ3v) is 6.99. The maximum atomic E-state index is 12.7. The van der Waals surface area contributed by atoms with Gasteiger partial charge >= 0.3 is 6.18 Å². The molecule has 0 aliphatic rings. The molecular weight excluding hydrogens is 515 g/mol. The van der Waals surface area contributed by atoms with Crippen molar-refractivity contribution in [2.45, 2.75) is 43.2 Å². The zero-order chi connectivity index (χ0) is 27.3. The zero-order valence-electron chi connectivity index (χ0n) is 20.4. The molecule has 10 heteroatoms. The van der Waals surface area contributed by atoms with Gasteiger partial charge < -0.3 is 0 Å². The van der Waals surface area contributed by atoms with E-state index in [1.807, 2.05) is 36.4 Å². The van der Waals surface area contributed by atoms with E-state index in [2.05, 4.69) is 0 Å². The minimum atomic E-state index is -4.40. The molecule has 0 saturated heterocycles. The second-order valence-electron chi connectivity index (χ2n) is 8.95. The molecule has 0 spiro atoms. The van der Waals surface area contributed by atoms with Gasteiger partial charge in [-0.1, -0.05) is 42.5 Å². The first-order valence-electron chi connectivity index (χ1n) is 12.0. The number of ketones is 1. The van der Waals surface area contributed by atoms with Gasteiger partial charge in [-0.2, -0.15) is 18.3 Å². The Morgan fingerprint density at radius 1 is 0.895 bits per heavy atom. The van der Waals surface area contributed by atoms with Crippen LogP contribution in [0.15, 0.2) is 89.8 Å². The number of carbonyl (C=O) groups excluding carboxylic acids is 1. The lowest BCUT2D eigenvalue weighted by Crippen LogP contribution is -2.12. The zero-order valence-corrected chi connectivity index (χ0v) is 21.2. The SMILES string of the molecule is NS(=O)(=O)c1ccc(-n2nc(CCCCC(=O)Cc3ccc(C(F)(F)F)cc3)cc2-c2ccccc2)cc1. The van der Waals surface area contributed by atoms with Crippen molar-refractivity contribution in [3.63, 3.8) is 0 Å². The molecule has 0 bridgehead atoms. The summed E-state index contributed by atoms with van der Waals surface area (Å²) in [5, 5.41) is 9.93. The molecule has 1 aromatic heterocycles. The van der Waals surface area contributed by atoms with E-state index in [1.165, 1.54) is 24.3 Å². The molecule has 2 N–H and O–H groups in total. The minimum Gasteiger partial charge on any atom is -0.299 e. The maximum Gasteiger partial charge on any atom is 0.416 e. The highest BCUT2D eigenvalue weighted by molar-refractivity contribution is 7.89. The van der Waals surface area contributed by atoms with Crippen molar-refractivity contribution >= 4 is 15.8 Å². The smallest absolute Gasteiger partial charge is 0.299 e. The van der Waals surface area contributed by atoms with E-state index in [4.69, 9.17) is 10.2 Å². The second-order valence-corrected chi connectivity index (χ2v) is 10.5. The molecule has 0 saturated carbocycles. The summed E-state index contributed by atoms with van der Waals surface area (Å²) >= 11 is 0. The molecule has 0 radical (unpaired) electrons. The Labute approximate surface area is 219 Å². The third kappa shape index (κ3) is 6.96. The van der Waals surface area contributed by atoms with Gasteiger partial charge in [0.05, 0.1) is 27.5 Å². The summed E-state index contributed by atoms with van der Waals surface area (Å²) in [7, 11) is -3.81. The summed E-state index contributed by atoms with van der Waals surface area (Å²) in [6.45, 7) is 0. The van der Waals surface area contributed by atoms with Crippen LogP contribution in [-0.2, 0) is 33.8 Å². The van der Waals surface area contributed by atoms with E-state index in [0.29, 0.717) is 36.9 Å². The summed E-state index contributed by atoms with van der Waals surface area (Å²) in [5.41, 5.74) is 3.09. The molecule has 198 valence electrons. The summed E-state index contributed by atoms with van der Waals surface area (Å²) in [6.07, 6.45) is -2.04. The molecule has 0 aliphatic carbocycles. The molecule has 4 aromatic rings. The second kappa shape index (κ2) is 11.3. The summed E-state index contributed by atoms with van der Waals surface area (Å²) < 4.78 is 63.1. The van der Waals surface area contributed by atoms with Gasteiger partial charge in [0, 0.05) is 18.4 Å². The Kier molecular flexibility index (Phi) is 8.13. The molecule has 0 unspecified atom stereocenters. The number of aryl methyl sites for hydroxylation is 1. The number of primary sulfonamides is 1. The number of rotatable bonds is 10. The van der Waals surface area contributed by atoms with Gasteiger partial charge in [0.25, 0.3) is 0 Å². The number of benzene rings is 3. The van der Waals surface area contributed by atoms with Crippen molar-refractivity contribution in [2.75, 3.05) is 0 Å². The van der Waals surface area contributed by atoms with Crippen molar-refractivity contribution in [3.05, 3.63) is 102 Å². The summed E-state index contributed by atoms with van der Waals surface area (Å²) in [5.74, 6) is -0.0322. The molecule has 0 amide bonds. The Hall–Kier alpha value is -3.76. The number of halogens is 3. The van der Waals surface area contributed by atoms with Crippen molar-refractivity contribution in [2.24, 2.45) is 5.14 Å². The van der Waals surface area contributed by atoms with Crippen LogP contribution in [0.4, 0.5) is 13.2 Å². The van der Waals surface area contributed by atoms with Gasteiger partial charge in [-0.05, 0) is 67.3 Å². The molecule has 3 aromatic carbocycles. The number of nitrogens with two attached hydrogens (primary N) is 1. The third-order valence-electron chi connectivity index (χ3n) is 6.06. The first-order chi connectivity index (χ1) is 18.0. The minimum absolute atomic E-state index is 0.0100. The Morgan fingerprint density at radius 3 is 2.16 bits per heavy atom. The first-order valence-corrected chi connectivity index (χ1v) is 13.5. The summed E-state index contributed by atoms with van der Waals surface area (Å²) in [6, 6.07) is 22.4. The molecular formula is C28H26F3N3O3S. The van der Waals surface area contributed by atoms with Crippen molar-refractivity contribution in [3.8, 4) is 16.9 Å². The maximum absolute atomic E-state index is 12.7. The molecule has 1 heterocycles. The highest BCUT2D eigenvalue weighted by atomic mass is 32.2. The topological polar surface area (TPSA) is 95.1 Å².